The van der Waals surface area contributed by atoms with Crippen molar-refractivity contribution in [3.8, 4) is 0 Å². The molecule has 0 saturated carbocycles. The molecule has 1 spiro atoms. The molecule has 1 aromatic carbocycles. The summed E-state index contributed by atoms with van der Waals surface area (Å²) in [7, 11) is 0. The van der Waals surface area contributed by atoms with Gasteiger partial charge in [0, 0.05) is 41.8 Å². The standard InChI is InChI=1S/C21H25NO3S2/c23-20(22-10-7-21(25-14-11-22)8-12-24-13-9-21)18-5-1-2-6-19(18)27-16-17-4-3-15-26-17/h1-6,15H,7-14,16H2. The molecule has 2 saturated heterocycles. The van der Waals surface area contributed by atoms with E-state index in [2.05, 4.69) is 23.6 Å². The van der Waals surface area contributed by atoms with Crippen LogP contribution in [0.4, 0.5) is 0 Å². The number of carbonyl (C=O) groups is 1. The topological polar surface area (TPSA) is 38.8 Å². The van der Waals surface area contributed by atoms with Gasteiger partial charge in [0.2, 0.25) is 0 Å². The van der Waals surface area contributed by atoms with Gasteiger partial charge < -0.3 is 14.4 Å². The van der Waals surface area contributed by atoms with Crippen molar-refractivity contribution < 1.29 is 14.3 Å². The molecule has 0 N–H and O–H groups in total. The number of hydrogen-bond acceptors (Lipinski definition) is 5. The van der Waals surface area contributed by atoms with Crippen LogP contribution >= 0.6 is 23.1 Å². The van der Waals surface area contributed by atoms with E-state index in [1.54, 1.807) is 23.1 Å². The molecule has 0 radical (unpaired) electrons. The van der Waals surface area contributed by atoms with Gasteiger partial charge in [-0.25, -0.2) is 0 Å². The van der Waals surface area contributed by atoms with E-state index in [1.165, 1.54) is 4.88 Å². The van der Waals surface area contributed by atoms with Crippen LogP contribution in [-0.2, 0) is 15.2 Å². The van der Waals surface area contributed by atoms with Crippen LogP contribution in [0.2, 0.25) is 0 Å². The number of thiophene rings is 1. The lowest BCUT2D eigenvalue weighted by Crippen LogP contribution is -2.40. The monoisotopic (exact) mass is 403 g/mol. The maximum absolute atomic E-state index is 13.2. The maximum Gasteiger partial charge on any atom is 0.255 e. The number of amides is 1. The minimum Gasteiger partial charge on any atom is -0.381 e. The summed E-state index contributed by atoms with van der Waals surface area (Å²) in [5.41, 5.74) is 0.711. The fourth-order valence-corrected chi connectivity index (χ4v) is 5.54. The summed E-state index contributed by atoms with van der Waals surface area (Å²) in [5, 5.41) is 2.09. The van der Waals surface area contributed by atoms with Crippen LogP contribution in [0.25, 0.3) is 0 Å². The first-order chi connectivity index (χ1) is 13.3. The molecule has 4 rings (SSSR count). The van der Waals surface area contributed by atoms with E-state index in [1.807, 2.05) is 23.1 Å². The third-order valence-corrected chi connectivity index (χ3v) is 7.55. The predicted molar refractivity (Wildman–Crippen MR) is 110 cm³/mol. The van der Waals surface area contributed by atoms with Gasteiger partial charge in [-0.2, -0.15) is 0 Å². The van der Waals surface area contributed by atoms with Crippen molar-refractivity contribution in [2.24, 2.45) is 0 Å². The normalized spacial score (nSPS) is 19.8. The van der Waals surface area contributed by atoms with Gasteiger partial charge >= 0.3 is 0 Å². The molecule has 3 heterocycles. The van der Waals surface area contributed by atoms with Gasteiger partial charge in [0.05, 0.1) is 17.8 Å². The molecule has 1 aromatic heterocycles. The van der Waals surface area contributed by atoms with E-state index in [4.69, 9.17) is 9.47 Å². The lowest BCUT2D eigenvalue weighted by atomic mass is 9.90. The zero-order valence-corrected chi connectivity index (χ0v) is 17.0. The Balaban J connectivity index is 1.44. The van der Waals surface area contributed by atoms with Crippen LogP contribution in [0.15, 0.2) is 46.7 Å². The zero-order chi connectivity index (χ0) is 18.5. The van der Waals surface area contributed by atoms with Gasteiger partial charge in [0.1, 0.15) is 0 Å². The number of nitrogens with zero attached hydrogens (tertiary/aromatic N) is 1. The fourth-order valence-electron chi connectivity index (χ4n) is 3.72. The van der Waals surface area contributed by atoms with Gasteiger partial charge in [-0.15, -0.1) is 23.1 Å². The van der Waals surface area contributed by atoms with E-state index >= 15 is 0 Å². The Hall–Kier alpha value is -1.34. The molecule has 27 heavy (non-hydrogen) atoms. The third kappa shape index (κ3) is 4.57. The quantitative estimate of drug-likeness (QED) is 0.707. The molecule has 144 valence electrons. The summed E-state index contributed by atoms with van der Waals surface area (Å²) in [6.45, 7) is 3.54. The smallest absolute Gasteiger partial charge is 0.255 e. The van der Waals surface area contributed by atoms with E-state index in [-0.39, 0.29) is 11.5 Å². The molecule has 2 aromatic rings. The van der Waals surface area contributed by atoms with E-state index in [0.717, 1.165) is 55.2 Å². The Morgan fingerprint density at radius 1 is 1.07 bits per heavy atom. The van der Waals surface area contributed by atoms with Crippen molar-refractivity contribution in [3.05, 3.63) is 52.2 Å². The molecule has 2 aliphatic rings. The van der Waals surface area contributed by atoms with Crippen molar-refractivity contribution in [2.75, 3.05) is 32.9 Å². The Kier molecular flexibility index (Phi) is 6.18. The highest BCUT2D eigenvalue weighted by Crippen LogP contribution is 2.32. The molecule has 2 fully saturated rings. The van der Waals surface area contributed by atoms with Crippen LogP contribution in [0.3, 0.4) is 0 Å². The first-order valence-corrected chi connectivity index (χ1v) is 11.4. The van der Waals surface area contributed by atoms with Gasteiger partial charge in [-0.05, 0) is 42.8 Å². The largest absolute Gasteiger partial charge is 0.381 e. The van der Waals surface area contributed by atoms with Crippen LogP contribution in [-0.4, -0.2) is 49.3 Å². The minimum absolute atomic E-state index is 0.0965. The summed E-state index contributed by atoms with van der Waals surface area (Å²) in [4.78, 5) is 17.6. The van der Waals surface area contributed by atoms with Gasteiger partial charge in [-0.1, -0.05) is 18.2 Å². The Bertz CT molecular complexity index is 757. The molecule has 6 heteroatoms. The first kappa shape index (κ1) is 19.0. The highest BCUT2D eigenvalue weighted by molar-refractivity contribution is 7.98. The highest BCUT2D eigenvalue weighted by atomic mass is 32.2. The molecule has 1 amide bonds. The molecule has 0 unspecified atom stereocenters. The molecule has 2 aliphatic heterocycles. The lowest BCUT2D eigenvalue weighted by molar-refractivity contribution is -0.105. The van der Waals surface area contributed by atoms with Gasteiger partial charge in [0.25, 0.3) is 5.91 Å². The Morgan fingerprint density at radius 2 is 1.93 bits per heavy atom. The Labute approximate surface area is 168 Å². The summed E-state index contributed by atoms with van der Waals surface area (Å²) in [6.07, 6.45) is 2.76. The van der Waals surface area contributed by atoms with E-state index in [0.29, 0.717) is 13.2 Å². The van der Waals surface area contributed by atoms with Crippen molar-refractivity contribution >= 4 is 29.0 Å². The summed E-state index contributed by atoms with van der Waals surface area (Å²) < 4.78 is 11.7. The summed E-state index contributed by atoms with van der Waals surface area (Å²) in [5.74, 6) is 1.02. The average Bonchev–Trinajstić information content (AvgIpc) is 3.15. The maximum atomic E-state index is 13.2. The third-order valence-electron chi connectivity index (χ3n) is 5.37. The highest BCUT2D eigenvalue weighted by Gasteiger charge is 2.36. The second-order valence-electron chi connectivity index (χ2n) is 7.05. The van der Waals surface area contributed by atoms with Crippen LogP contribution in [0.5, 0.6) is 0 Å². The molecular weight excluding hydrogens is 378 g/mol. The zero-order valence-electron chi connectivity index (χ0n) is 15.4. The SMILES string of the molecule is O=C(c1ccccc1SCc1cccs1)N1CCOC2(CCOCC2)CC1. The van der Waals surface area contributed by atoms with Crippen LogP contribution in [0, 0.1) is 0 Å². The number of thioether (sulfide) groups is 1. The molecule has 0 atom stereocenters. The van der Waals surface area contributed by atoms with Gasteiger partial charge in [0.15, 0.2) is 0 Å². The van der Waals surface area contributed by atoms with Crippen molar-refractivity contribution in [2.45, 2.75) is 35.5 Å². The second-order valence-corrected chi connectivity index (χ2v) is 9.10. The molecule has 0 aliphatic carbocycles. The van der Waals surface area contributed by atoms with Crippen LogP contribution < -0.4 is 0 Å². The predicted octanol–water partition coefficient (Wildman–Crippen LogP) is 4.45. The second kappa shape index (κ2) is 8.78. The average molecular weight is 404 g/mol. The lowest BCUT2D eigenvalue weighted by Gasteiger charge is -2.35. The number of rotatable bonds is 4. The molecular formula is C21H25NO3S2. The molecule has 4 nitrogen and oxygen atoms in total. The number of ether oxygens (including phenoxy) is 2. The fraction of sp³-hybridized carbons (Fsp3) is 0.476. The van der Waals surface area contributed by atoms with Crippen molar-refractivity contribution in [1.82, 2.24) is 4.90 Å². The Morgan fingerprint density at radius 3 is 2.74 bits per heavy atom. The minimum atomic E-state index is -0.0965. The number of hydrogen-bond donors (Lipinski definition) is 0. The first-order valence-electron chi connectivity index (χ1n) is 9.51. The number of benzene rings is 1. The van der Waals surface area contributed by atoms with Crippen molar-refractivity contribution in [3.63, 3.8) is 0 Å². The van der Waals surface area contributed by atoms with E-state index < -0.39 is 0 Å². The molecule has 0 bridgehead atoms. The summed E-state index contributed by atoms with van der Waals surface area (Å²) >= 11 is 3.50. The van der Waals surface area contributed by atoms with Crippen LogP contribution in [0.1, 0.15) is 34.5 Å². The summed E-state index contributed by atoms with van der Waals surface area (Å²) in [6, 6.07) is 12.2. The van der Waals surface area contributed by atoms with Crippen molar-refractivity contribution in [1.29, 1.82) is 0 Å². The van der Waals surface area contributed by atoms with E-state index in [9.17, 15) is 4.79 Å². The number of carbonyl (C=O) groups excluding carboxylic acids is 1. The van der Waals surface area contributed by atoms with Gasteiger partial charge in [-0.3, -0.25) is 4.79 Å².